The van der Waals surface area contributed by atoms with E-state index in [1.165, 1.54) is 0 Å². The van der Waals surface area contributed by atoms with Crippen LogP contribution in [0.4, 0.5) is 0 Å². The van der Waals surface area contributed by atoms with E-state index >= 15 is 0 Å². The second-order valence-electron chi connectivity index (χ2n) is 7.09. The molecule has 6 nitrogen and oxygen atoms in total. The van der Waals surface area contributed by atoms with E-state index in [2.05, 4.69) is 27.0 Å². The molecule has 29 heavy (non-hydrogen) atoms. The molecule has 0 spiro atoms. The standard InChI is InChI=1S/C23H32O6/c1-16(2)20-10-9-19(26-11-7-13-28-22(24)17(3)4)15-21(20)27-12-8-14-29-23(25)18(5)6/h9-10,15-16H,3,5,7-8,11-14H2,1-2,4,6H3. The topological polar surface area (TPSA) is 71.1 Å². The summed E-state index contributed by atoms with van der Waals surface area (Å²) in [5.41, 5.74) is 1.84. The summed E-state index contributed by atoms with van der Waals surface area (Å²) in [6.07, 6.45) is 1.16. The van der Waals surface area contributed by atoms with Gasteiger partial charge in [-0.25, -0.2) is 9.59 Å². The molecule has 0 aromatic heterocycles. The van der Waals surface area contributed by atoms with E-state index in [9.17, 15) is 9.59 Å². The molecule has 1 rings (SSSR count). The van der Waals surface area contributed by atoms with Gasteiger partial charge in [0.1, 0.15) is 11.5 Å². The second-order valence-corrected chi connectivity index (χ2v) is 7.09. The molecule has 0 aliphatic heterocycles. The number of carbonyl (C=O) groups excluding carboxylic acids is 2. The Labute approximate surface area is 173 Å². The molecule has 0 N–H and O–H groups in total. The molecule has 0 saturated heterocycles. The van der Waals surface area contributed by atoms with Crippen molar-refractivity contribution in [1.82, 2.24) is 0 Å². The Hall–Kier alpha value is -2.76. The maximum Gasteiger partial charge on any atom is 0.333 e. The summed E-state index contributed by atoms with van der Waals surface area (Å²) in [5.74, 6) is 0.941. The number of hydrogen-bond acceptors (Lipinski definition) is 6. The summed E-state index contributed by atoms with van der Waals surface area (Å²) >= 11 is 0. The van der Waals surface area contributed by atoms with Crippen LogP contribution >= 0.6 is 0 Å². The lowest BCUT2D eigenvalue weighted by molar-refractivity contribution is -0.140. The van der Waals surface area contributed by atoms with Crippen molar-refractivity contribution in [2.24, 2.45) is 0 Å². The highest BCUT2D eigenvalue weighted by molar-refractivity contribution is 5.87. The van der Waals surface area contributed by atoms with Gasteiger partial charge in [-0.2, -0.15) is 0 Å². The van der Waals surface area contributed by atoms with E-state index in [1.54, 1.807) is 13.8 Å². The van der Waals surface area contributed by atoms with Crippen molar-refractivity contribution in [3.05, 3.63) is 48.1 Å². The minimum Gasteiger partial charge on any atom is -0.493 e. The van der Waals surface area contributed by atoms with Gasteiger partial charge in [-0.1, -0.05) is 33.1 Å². The first-order chi connectivity index (χ1) is 13.7. The van der Waals surface area contributed by atoms with Crippen molar-refractivity contribution in [1.29, 1.82) is 0 Å². The van der Waals surface area contributed by atoms with Crippen molar-refractivity contribution in [2.75, 3.05) is 26.4 Å². The number of rotatable bonds is 13. The quantitative estimate of drug-likeness (QED) is 0.272. The van der Waals surface area contributed by atoms with Gasteiger partial charge in [0.05, 0.1) is 26.4 Å². The molecule has 0 aliphatic rings. The van der Waals surface area contributed by atoms with E-state index in [-0.39, 0.29) is 13.2 Å². The van der Waals surface area contributed by atoms with Crippen molar-refractivity contribution in [2.45, 2.75) is 46.5 Å². The maximum atomic E-state index is 11.4. The molecule has 0 atom stereocenters. The smallest absolute Gasteiger partial charge is 0.333 e. The number of carbonyl (C=O) groups is 2. The van der Waals surface area contributed by atoms with Crippen molar-refractivity contribution in [3.63, 3.8) is 0 Å². The van der Waals surface area contributed by atoms with Gasteiger partial charge < -0.3 is 18.9 Å². The molecule has 160 valence electrons. The minimum atomic E-state index is -0.393. The molecule has 0 amide bonds. The number of benzene rings is 1. The maximum absolute atomic E-state index is 11.4. The summed E-state index contributed by atoms with van der Waals surface area (Å²) in [6, 6.07) is 5.74. The summed E-state index contributed by atoms with van der Waals surface area (Å²) in [5, 5.41) is 0. The van der Waals surface area contributed by atoms with Gasteiger partial charge in [-0.15, -0.1) is 0 Å². The van der Waals surface area contributed by atoms with Gasteiger partial charge in [-0.05, 0) is 31.4 Å². The molecular formula is C23H32O6. The van der Waals surface area contributed by atoms with E-state index in [0.717, 1.165) is 11.3 Å². The number of esters is 2. The third kappa shape index (κ3) is 9.32. The van der Waals surface area contributed by atoms with Gasteiger partial charge in [0.25, 0.3) is 0 Å². The van der Waals surface area contributed by atoms with Gasteiger partial charge >= 0.3 is 11.9 Å². The summed E-state index contributed by atoms with van der Waals surface area (Å²) < 4.78 is 21.7. The van der Waals surface area contributed by atoms with Gasteiger partial charge in [0, 0.05) is 30.1 Å². The van der Waals surface area contributed by atoms with Gasteiger partial charge in [0.15, 0.2) is 0 Å². The van der Waals surface area contributed by atoms with E-state index < -0.39 is 11.9 Å². The summed E-state index contributed by atoms with van der Waals surface area (Å²) in [4.78, 5) is 22.7. The van der Waals surface area contributed by atoms with Crippen LogP contribution in [0.15, 0.2) is 42.5 Å². The van der Waals surface area contributed by atoms with Crippen LogP contribution in [0.1, 0.15) is 52.0 Å². The Balaban J connectivity index is 2.49. The highest BCUT2D eigenvalue weighted by atomic mass is 16.5. The van der Waals surface area contributed by atoms with E-state index in [0.29, 0.717) is 48.9 Å². The third-order valence-corrected chi connectivity index (χ3v) is 3.87. The molecule has 6 heteroatoms. The zero-order valence-electron chi connectivity index (χ0n) is 17.9. The lowest BCUT2D eigenvalue weighted by Gasteiger charge is -2.16. The fourth-order valence-electron chi connectivity index (χ4n) is 2.27. The van der Waals surface area contributed by atoms with E-state index in [4.69, 9.17) is 18.9 Å². The summed E-state index contributed by atoms with van der Waals surface area (Å²) in [7, 11) is 0. The molecule has 0 radical (unpaired) electrons. The van der Waals surface area contributed by atoms with Crippen LogP contribution in [0.2, 0.25) is 0 Å². The zero-order chi connectivity index (χ0) is 21.8. The van der Waals surface area contributed by atoms with Crippen LogP contribution in [0.25, 0.3) is 0 Å². The lowest BCUT2D eigenvalue weighted by Crippen LogP contribution is -2.10. The summed E-state index contributed by atoms with van der Waals surface area (Å²) in [6.45, 7) is 15.9. The first-order valence-corrected chi connectivity index (χ1v) is 9.77. The number of hydrogen-bond donors (Lipinski definition) is 0. The molecule has 1 aromatic rings. The van der Waals surface area contributed by atoms with E-state index in [1.807, 2.05) is 18.2 Å². The van der Waals surface area contributed by atoms with Crippen LogP contribution in [0, 0.1) is 0 Å². The Bertz CT molecular complexity index is 720. The highest BCUT2D eigenvalue weighted by Gasteiger charge is 2.10. The molecule has 1 aromatic carbocycles. The Kier molecular flexibility index (Phi) is 10.6. The first-order valence-electron chi connectivity index (χ1n) is 9.77. The highest BCUT2D eigenvalue weighted by Crippen LogP contribution is 2.30. The molecular weight excluding hydrogens is 372 g/mol. The average molecular weight is 405 g/mol. The van der Waals surface area contributed by atoms with Crippen molar-refractivity contribution in [3.8, 4) is 11.5 Å². The molecule has 0 bridgehead atoms. The third-order valence-electron chi connectivity index (χ3n) is 3.87. The van der Waals surface area contributed by atoms with Crippen LogP contribution in [-0.2, 0) is 19.1 Å². The molecule has 0 fully saturated rings. The fourth-order valence-corrected chi connectivity index (χ4v) is 2.27. The average Bonchev–Trinajstić information content (AvgIpc) is 2.66. The minimum absolute atomic E-state index is 0.280. The Morgan fingerprint density at radius 2 is 1.38 bits per heavy atom. The van der Waals surface area contributed by atoms with Gasteiger partial charge in [-0.3, -0.25) is 0 Å². The monoisotopic (exact) mass is 404 g/mol. The predicted molar refractivity (Wildman–Crippen MR) is 112 cm³/mol. The molecule has 0 unspecified atom stereocenters. The zero-order valence-corrected chi connectivity index (χ0v) is 17.9. The largest absolute Gasteiger partial charge is 0.493 e. The van der Waals surface area contributed by atoms with Gasteiger partial charge in [0.2, 0.25) is 0 Å². The van der Waals surface area contributed by atoms with Crippen LogP contribution in [0.3, 0.4) is 0 Å². The SMILES string of the molecule is C=C(C)C(=O)OCCCOc1ccc(C(C)C)c(OCCCOC(=O)C(=C)C)c1. The molecule has 0 heterocycles. The molecule has 0 aliphatic carbocycles. The Morgan fingerprint density at radius 3 is 1.86 bits per heavy atom. The van der Waals surface area contributed by atoms with Crippen molar-refractivity contribution >= 4 is 11.9 Å². The lowest BCUT2D eigenvalue weighted by atomic mass is 10.0. The molecule has 0 saturated carbocycles. The van der Waals surface area contributed by atoms with Crippen molar-refractivity contribution < 1.29 is 28.5 Å². The normalized spacial score (nSPS) is 10.4. The second kappa shape index (κ2) is 12.6. The predicted octanol–water partition coefficient (Wildman–Crippen LogP) is 4.59. The Morgan fingerprint density at radius 1 is 0.862 bits per heavy atom. The van der Waals surface area contributed by atoms with Crippen LogP contribution in [-0.4, -0.2) is 38.4 Å². The number of ether oxygens (including phenoxy) is 4. The van der Waals surface area contributed by atoms with Crippen LogP contribution in [0.5, 0.6) is 11.5 Å². The first kappa shape index (κ1) is 24.3. The fraction of sp³-hybridized carbons (Fsp3) is 0.478. The van der Waals surface area contributed by atoms with Crippen LogP contribution < -0.4 is 9.47 Å².